The molecule has 0 bridgehead atoms. The van der Waals surface area contributed by atoms with Crippen molar-refractivity contribution in [3.05, 3.63) is 24.0 Å². The molecule has 1 aromatic heterocycles. The summed E-state index contributed by atoms with van der Waals surface area (Å²) in [4.78, 5) is 16.2. The molecule has 2 rings (SSSR count). The van der Waals surface area contributed by atoms with Gasteiger partial charge in [-0.1, -0.05) is 6.07 Å². The Bertz CT molecular complexity index is 652. The van der Waals surface area contributed by atoms with Gasteiger partial charge in [0, 0.05) is 12.3 Å². The topological polar surface area (TPSA) is 70.1 Å². The Morgan fingerprint density at radius 2 is 2.14 bits per heavy atom. The molecule has 1 aromatic carbocycles. The standard InChI is InChI=1S/C15H20ClN3O2/c1-9(2)21-12-6-4-5-11-14(12)18-13(7-8-16)19(11)10(3)15(17)20/h4-6,9-10H,7-8H2,1-3H3,(H2,17,20). The van der Waals surface area contributed by atoms with Gasteiger partial charge < -0.3 is 15.0 Å². The molecular weight excluding hydrogens is 290 g/mol. The largest absolute Gasteiger partial charge is 0.489 e. The Balaban J connectivity index is 2.64. The number of halogens is 1. The fourth-order valence-electron chi connectivity index (χ4n) is 2.31. The normalized spacial score (nSPS) is 12.8. The van der Waals surface area contributed by atoms with Gasteiger partial charge in [0.1, 0.15) is 23.1 Å². The molecule has 21 heavy (non-hydrogen) atoms. The number of rotatable bonds is 6. The summed E-state index contributed by atoms with van der Waals surface area (Å²) in [6.07, 6.45) is 0.611. The van der Waals surface area contributed by atoms with E-state index in [1.165, 1.54) is 0 Å². The zero-order valence-corrected chi connectivity index (χ0v) is 13.2. The van der Waals surface area contributed by atoms with Crippen LogP contribution in [-0.4, -0.2) is 27.4 Å². The third-order valence-electron chi connectivity index (χ3n) is 3.24. The van der Waals surface area contributed by atoms with Crippen molar-refractivity contribution < 1.29 is 9.53 Å². The van der Waals surface area contributed by atoms with Crippen LogP contribution in [0, 0.1) is 0 Å². The van der Waals surface area contributed by atoms with Gasteiger partial charge in [-0.2, -0.15) is 0 Å². The van der Waals surface area contributed by atoms with Gasteiger partial charge >= 0.3 is 0 Å². The van der Waals surface area contributed by atoms with Crippen LogP contribution < -0.4 is 10.5 Å². The molecule has 2 aromatic rings. The number of aryl methyl sites for hydroxylation is 1. The molecule has 0 saturated carbocycles. The SMILES string of the molecule is CC(C)Oc1cccc2c1nc(CCCl)n2C(C)C(N)=O. The van der Waals surface area contributed by atoms with Crippen LogP contribution >= 0.6 is 11.6 Å². The molecule has 1 amide bonds. The molecule has 2 N–H and O–H groups in total. The van der Waals surface area contributed by atoms with Gasteiger partial charge in [-0.15, -0.1) is 11.6 Å². The Labute approximate surface area is 129 Å². The fraction of sp³-hybridized carbons (Fsp3) is 0.467. The Morgan fingerprint density at radius 3 is 2.71 bits per heavy atom. The lowest BCUT2D eigenvalue weighted by molar-refractivity contribution is -0.120. The van der Waals surface area contributed by atoms with Crippen LogP contribution in [0.3, 0.4) is 0 Å². The maximum absolute atomic E-state index is 11.6. The quantitative estimate of drug-likeness (QED) is 0.834. The number of hydrogen-bond donors (Lipinski definition) is 1. The minimum Gasteiger partial charge on any atom is -0.489 e. The first-order valence-corrected chi connectivity index (χ1v) is 7.51. The maximum atomic E-state index is 11.6. The number of carbonyl (C=O) groups is 1. The molecule has 5 nitrogen and oxygen atoms in total. The van der Waals surface area contributed by atoms with Gasteiger partial charge in [0.2, 0.25) is 5.91 Å². The number of benzene rings is 1. The van der Waals surface area contributed by atoms with E-state index >= 15 is 0 Å². The number of primary amides is 1. The molecule has 114 valence electrons. The van der Waals surface area contributed by atoms with E-state index in [-0.39, 0.29) is 6.10 Å². The Hall–Kier alpha value is -1.75. The molecule has 1 heterocycles. The predicted molar refractivity (Wildman–Crippen MR) is 83.8 cm³/mol. The highest BCUT2D eigenvalue weighted by Crippen LogP contribution is 2.29. The summed E-state index contributed by atoms with van der Waals surface area (Å²) >= 11 is 5.84. The van der Waals surface area contributed by atoms with Crippen molar-refractivity contribution in [1.29, 1.82) is 0 Å². The second kappa shape index (κ2) is 6.35. The van der Waals surface area contributed by atoms with E-state index in [2.05, 4.69) is 4.98 Å². The van der Waals surface area contributed by atoms with Crippen LogP contribution in [-0.2, 0) is 11.2 Å². The number of ether oxygens (including phenoxy) is 1. The minimum absolute atomic E-state index is 0.0470. The third-order valence-corrected chi connectivity index (χ3v) is 3.42. The first-order valence-electron chi connectivity index (χ1n) is 6.97. The van der Waals surface area contributed by atoms with Crippen LogP contribution in [0.2, 0.25) is 0 Å². The van der Waals surface area contributed by atoms with Gasteiger partial charge in [0.15, 0.2) is 0 Å². The average molecular weight is 310 g/mol. The van der Waals surface area contributed by atoms with Crippen molar-refractivity contribution in [3.63, 3.8) is 0 Å². The highest BCUT2D eigenvalue weighted by atomic mass is 35.5. The molecular formula is C15H20ClN3O2. The van der Waals surface area contributed by atoms with Crippen molar-refractivity contribution >= 4 is 28.5 Å². The first kappa shape index (κ1) is 15.6. The average Bonchev–Trinajstić information content (AvgIpc) is 2.77. The van der Waals surface area contributed by atoms with Crippen molar-refractivity contribution in [2.75, 3.05) is 5.88 Å². The van der Waals surface area contributed by atoms with Gasteiger partial charge in [-0.25, -0.2) is 4.98 Å². The zero-order valence-electron chi connectivity index (χ0n) is 12.5. The molecule has 0 fully saturated rings. The molecule has 0 aliphatic heterocycles. The number of para-hydroxylation sites is 1. The summed E-state index contributed by atoms with van der Waals surface area (Å²) in [5.41, 5.74) is 7.02. The molecule has 0 aliphatic carbocycles. The lowest BCUT2D eigenvalue weighted by Gasteiger charge is -2.14. The van der Waals surface area contributed by atoms with Crippen molar-refractivity contribution in [1.82, 2.24) is 9.55 Å². The van der Waals surface area contributed by atoms with Crippen LogP contribution in [0.5, 0.6) is 5.75 Å². The lowest BCUT2D eigenvalue weighted by Crippen LogP contribution is -2.25. The second-order valence-corrected chi connectivity index (χ2v) is 5.58. The molecule has 0 radical (unpaired) electrons. The van der Waals surface area contributed by atoms with E-state index < -0.39 is 11.9 Å². The van der Waals surface area contributed by atoms with Crippen molar-refractivity contribution in [3.8, 4) is 5.75 Å². The molecule has 0 saturated heterocycles. The second-order valence-electron chi connectivity index (χ2n) is 5.21. The highest BCUT2D eigenvalue weighted by Gasteiger charge is 2.21. The Kier molecular flexibility index (Phi) is 4.73. The predicted octanol–water partition coefficient (Wildman–Crippen LogP) is 2.65. The van der Waals surface area contributed by atoms with Gasteiger partial charge in [-0.05, 0) is 32.9 Å². The summed E-state index contributed by atoms with van der Waals surface area (Å²) < 4.78 is 7.63. The Morgan fingerprint density at radius 1 is 1.43 bits per heavy atom. The number of imidazole rings is 1. The fourth-order valence-corrected chi connectivity index (χ4v) is 2.48. The molecule has 1 unspecified atom stereocenters. The number of nitrogens with zero attached hydrogens (tertiary/aromatic N) is 2. The van der Waals surface area contributed by atoms with E-state index in [0.717, 1.165) is 16.9 Å². The monoisotopic (exact) mass is 309 g/mol. The highest BCUT2D eigenvalue weighted by molar-refractivity contribution is 6.18. The lowest BCUT2D eigenvalue weighted by atomic mass is 10.2. The smallest absolute Gasteiger partial charge is 0.240 e. The van der Waals surface area contributed by atoms with Crippen LogP contribution in [0.25, 0.3) is 11.0 Å². The van der Waals surface area contributed by atoms with Crippen molar-refractivity contribution in [2.45, 2.75) is 39.3 Å². The van der Waals surface area contributed by atoms with E-state index in [9.17, 15) is 4.79 Å². The number of fused-ring (bicyclic) bond motifs is 1. The van der Waals surface area contributed by atoms with E-state index in [0.29, 0.717) is 18.1 Å². The number of hydrogen-bond acceptors (Lipinski definition) is 3. The minimum atomic E-state index is -0.484. The van der Waals surface area contributed by atoms with Crippen LogP contribution in [0.1, 0.15) is 32.6 Å². The van der Waals surface area contributed by atoms with Crippen LogP contribution in [0.15, 0.2) is 18.2 Å². The van der Waals surface area contributed by atoms with Gasteiger partial charge in [0.25, 0.3) is 0 Å². The number of amides is 1. The third kappa shape index (κ3) is 3.13. The number of nitrogens with two attached hydrogens (primary N) is 1. The summed E-state index contributed by atoms with van der Waals surface area (Å²) in [7, 11) is 0. The molecule has 1 atom stereocenters. The summed E-state index contributed by atoms with van der Waals surface area (Å²) in [5, 5.41) is 0. The first-order chi connectivity index (χ1) is 9.95. The zero-order chi connectivity index (χ0) is 15.6. The van der Waals surface area contributed by atoms with E-state index in [1.807, 2.05) is 36.6 Å². The number of aromatic nitrogens is 2. The number of alkyl halides is 1. The van der Waals surface area contributed by atoms with Crippen LogP contribution in [0.4, 0.5) is 0 Å². The molecule has 0 spiro atoms. The summed E-state index contributed by atoms with van der Waals surface area (Å²) in [6.45, 7) is 5.68. The number of carbonyl (C=O) groups excluding carboxylic acids is 1. The van der Waals surface area contributed by atoms with Crippen molar-refractivity contribution in [2.24, 2.45) is 5.73 Å². The summed E-state index contributed by atoms with van der Waals surface area (Å²) in [5.74, 6) is 1.47. The summed E-state index contributed by atoms with van der Waals surface area (Å²) in [6, 6.07) is 5.19. The molecule has 0 aliphatic rings. The van der Waals surface area contributed by atoms with Gasteiger partial charge in [-0.3, -0.25) is 4.79 Å². The van der Waals surface area contributed by atoms with E-state index in [1.54, 1.807) is 6.92 Å². The van der Waals surface area contributed by atoms with Gasteiger partial charge in [0.05, 0.1) is 11.6 Å². The molecule has 6 heteroatoms. The maximum Gasteiger partial charge on any atom is 0.240 e. The van der Waals surface area contributed by atoms with E-state index in [4.69, 9.17) is 22.1 Å².